The molecule has 1 aromatic carbocycles. The van der Waals surface area contributed by atoms with Gasteiger partial charge >= 0.3 is 0 Å². The second-order valence-corrected chi connectivity index (χ2v) is 9.41. The number of benzene rings is 1. The monoisotopic (exact) mass is 470 g/mol. The van der Waals surface area contributed by atoms with Crippen molar-refractivity contribution in [1.29, 1.82) is 0 Å². The van der Waals surface area contributed by atoms with Crippen LogP contribution in [0.4, 0.5) is 0 Å². The summed E-state index contributed by atoms with van der Waals surface area (Å²) in [6.07, 6.45) is 2.59. The third kappa shape index (κ3) is 4.47. The molecule has 4 aromatic rings. The number of aryl methyl sites for hydroxylation is 1. The van der Waals surface area contributed by atoms with Crippen molar-refractivity contribution in [2.75, 3.05) is 26.2 Å². The average molecular weight is 471 g/mol. The van der Waals surface area contributed by atoms with Crippen molar-refractivity contribution in [2.24, 2.45) is 0 Å². The first kappa shape index (κ1) is 21.3. The molecule has 3 aromatic heterocycles. The van der Waals surface area contributed by atoms with Crippen LogP contribution in [0, 0.1) is 0 Å². The number of fused-ring (bicyclic) bond motifs is 1. The van der Waals surface area contributed by atoms with E-state index in [9.17, 15) is 4.79 Å². The highest BCUT2D eigenvalue weighted by atomic mass is 35.5. The Bertz CT molecular complexity index is 1270. The molecule has 0 amide bonds. The molecular weight excluding hydrogens is 448 g/mol. The number of nitrogens with zero attached hydrogens (tertiary/aromatic N) is 6. The maximum absolute atomic E-state index is 12.8. The van der Waals surface area contributed by atoms with Gasteiger partial charge in [-0.3, -0.25) is 19.2 Å². The van der Waals surface area contributed by atoms with Gasteiger partial charge in [0.2, 0.25) is 11.7 Å². The number of hydrogen-bond donors (Lipinski definition) is 0. The summed E-state index contributed by atoms with van der Waals surface area (Å²) in [5.74, 6) is 1.16. The fraction of sp³-hybridized carbons (Fsp3) is 0.364. The minimum Gasteiger partial charge on any atom is -0.338 e. The average Bonchev–Trinajstić information content (AvgIpc) is 3.45. The zero-order chi connectivity index (χ0) is 22.1. The number of halogens is 1. The van der Waals surface area contributed by atoms with E-state index in [-0.39, 0.29) is 5.56 Å². The lowest BCUT2D eigenvalue weighted by Crippen LogP contribution is -2.47. The lowest BCUT2D eigenvalue weighted by Gasteiger charge is -2.33. The van der Waals surface area contributed by atoms with E-state index in [1.807, 2.05) is 30.3 Å². The van der Waals surface area contributed by atoms with Crippen LogP contribution in [0.25, 0.3) is 21.6 Å². The molecule has 8 nitrogen and oxygen atoms in total. The molecule has 0 saturated carbocycles. The lowest BCUT2D eigenvalue weighted by atomic mass is 10.2. The molecule has 0 unspecified atom stereocenters. The first-order valence-electron chi connectivity index (χ1n) is 10.6. The predicted molar refractivity (Wildman–Crippen MR) is 125 cm³/mol. The minimum atomic E-state index is 0.0361. The molecule has 10 heteroatoms. The van der Waals surface area contributed by atoms with E-state index in [2.05, 4.69) is 31.8 Å². The molecule has 32 heavy (non-hydrogen) atoms. The predicted octanol–water partition coefficient (Wildman–Crippen LogP) is 3.50. The number of piperazine rings is 1. The van der Waals surface area contributed by atoms with Crippen LogP contribution in [-0.4, -0.2) is 55.7 Å². The van der Waals surface area contributed by atoms with Gasteiger partial charge < -0.3 is 4.52 Å². The Morgan fingerprint density at radius 3 is 2.62 bits per heavy atom. The SMILES string of the molecule is CCc1cc2c(=O)n(CN3CCN(Cc4nc(-c5ccc(Cl)cc5)no4)CC3)cnc2s1. The van der Waals surface area contributed by atoms with Crippen molar-refractivity contribution in [3.8, 4) is 11.4 Å². The zero-order valence-electron chi connectivity index (χ0n) is 17.7. The Morgan fingerprint density at radius 2 is 1.88 bits per heavy atom. The summed E-state index contributed by atoms with van der Waals surface area (Å²) in [7, 11) is 0. The Labute approximate surface area is 194 Å². The van der Waals surface area contributed by atoms with E-state index in [0.717, 1.165) is 48.4 Å². The van der Waals surface area contributed by atoms with Gasteiger partial charge in [0.15, 0.2) is 0 Å². The van der Waals surface area contributed by atoms with E-state index >= 15 is 0 Å². The smallest absolute Gasteiger partial charge is 0.263 e. The first-order valence-corrected chi connectivity index (χ1v) is 11.8. The topological polar surface area (TPSA) is 80.3 Å². The highest BCUT2D eigenvalue weighted by Crippen LogP contribution is 2.21. The second kappa shape index (κ2) is 9.11. The van der Waals surface area contributed by atoms with Crippen molar-refractivity contribution in [3.05, 3.63) is 62.8 Å². The molecule has 1 aliphatic rings. The summed E-state index contributed by atoms with van der Waals surface area (Å²) in [5.41, 5.74) is 0.913. The Morgan fingerprint density at radius 1 is 1.12 bits per heavy atom. The zero-order valence-corrected chi connectivity index (χ0v) is 19.3. The van der Waals surface area contributed by atoms with Crippen molar-refractivity contribution in [3.63, 3.8) is 0 Å². The van der Waals surface area contributed by atoms with Gasteiger partial charge in [-0.1, -0.05) is 23.7 Å². The number of rotatable bonds is 6. The normalized spacial score (nSPS) is 15.6. The summed E-state index contributed by atoms with van der Waals surface area (Å²) < 4.78 is 7.15. The van der Waals surface area contributed by atoms with Gasteiger partial charge in [0.05, 0.1) is 18.6 Å². The van der Waals surface area contributed by atoms with Gasteiger partial charge in [0, 0.05) is 41.6 Å². The maximum atomic E-state index is 12.8. The van der Waals surface area contributed by atoms with Crippen molar-refractivity contribution < 1.29 is 4.52 Å². The maximum Gasteiger partial charge on any atom is 0.263 e. The molecule has 1 fully saturated rings. The molecule has 0 aliphatic carbocycles. The fourth-order valence-corrected chi connectivity index (χ4v) is 4.87. The Balaban J connectivity index is 1.18. The lowest BCUT2D eigenvalue weighted by molar-refractivity contribution is 0.0940. The van der Waals surface area contributed by atoms with E-state index in [0.29, 0.717) is 30.0 Å². The first-order chi connectivity index (χ1) is 15.6. The van der Waals surface area contributed by atoms with Gasteiger partial charge in [0.1, 0.15) is 11.2 Å². The highest BCUT2D eigenvalue weighted by molar-refractivity contribution is 7.18. The summed E-state index contributed by atoms with van der Waals surface area (Å²) in [4.78, 5) is 28.4. The number of aromatic nitrogens is 4. The van der Waals surface area contributed by atoms with E-state index in [1.165, 1.54) is 4.88 Å². The van der Waals surface area contributed by atoms with E-state index in [4.69, 9.17) is 16.1 Å². The van der Waals surface area contributed by atoms with E-state index in [1.54, 1.807) is 22.2 Å². The molecule has 0 bridgehead atoms. The van der Waals surface area contributed by atoms with Crippen molar-refractivity contribution in [2.45, 2.75) is 26.6 Å². The Hall–Kier alpha value is -2.59. The molecule has 1 saturated heterocycles. The summed E-state index contributed by atoms with van der Waals surface area (Å²) >= 11 is 7.54. The van der Waals surface area contributed by atoms with Crippen LogP contribution < -0.4 is 5.56 Å². The molecule has 166 valence electrons. The molecule has 0 N–H and O–H groups in total. The van der Waals surface area contributed by atoms with Gasteiger partial charge in [-0.05, 0) is 36.8 Å². The fourth-order valence-electron chi connectivity index (χ4n) is 3.82. The molecule has 1 aliphatic heterocycles. The molecule has 0 atom stereocenters. The standard InChI is InChI=1S/C22H23ClN6O2S/c1-2-17-11-18-21(32-17)24-13-29(22(18)30)14-28-9-7-27(8-10-28)12-19-25-20(26-31-19)15-3-5-16(23)6-4-15/h3-6,11,13H,2,7-10,12,14H2,1H3. The van der Waals surface area contributed by atoms with Crippen LogP contribution in [0.1, 0.15) is 17.7 Å². The molecule has 0 spiro atoms. The third-order valence-electron chi connectivity index (χ3n) is 5.66. The second-order valence-electron chi connectivity index (χ2n) is 7.86. The number of hydrogen-bond acceptors (Lipinski definition) is 8. The Kier molecular flexibility index (Phi) is 6.05. The molecular formula is C22H23ClN6O2S. The van der Waals surface area contributed by atoms with Crippen LogP contribution in [0.3, 0.4) is 0 Å². The molecule has 0 radical (unpaired) electrons. The summed E-state index contributed by atoms with van der Waals surface area (Å²) in [6, 6.07) is 9.36. The number of thiophene rings is 1. The van der Waals surface area contributed by atoms with Crippen LogP contribution in [0.5, 0.6) is 0 Å². The third-order valence-corrected chi connectivity index (χ3v) is 7.10. The van der Waals surface area contributed by atoms with E-state index < -0.39 is 0 Å². The van der Waals surface area contributed by atoms with Crippen LogP contribution in [0.15, 0.2) is 46.0 Å². The quantitative estimate of drug-likeness (QED) is 0.426. The van der Waals surface area contributed by atoms with Crippen LogP contribution in [-0.2, 0) is 19.6 Å². The molecule has 4 heterocycles. The van der Waals surface area contributed by atoms with Gasteiger partial charge in [-0.15, -0.1) is 11.3 Å². The summed E-state index contributed by atoms with van der Waals surface area (Å²) in [5, 5.41) is 5.48. The van der Waals surface area contributed by atoms with Gasteiger partial charge in [0.25, 0.3) is 5.56 Å². The van der Waals surface area contributed by atoms with Crippen molar-refractivity contribution in [1.82, 2.24) is 29.5 Å². The molecule has 5 rings (SSSR count). The largest absolute Gasteiger partial charge is 0.338 e. The van der Waals surface area contributed by atoms with Gasteiger partial charge in [-0.2, -0.15) is 4.98 Å². The summed E-state index contributed by atoms with van der Waals surface area (Å²) in [6.45, 7) is 6.68. The minimum absolute atomic E-state index is 0.0361. The van der Waals surface area contributed by atoms with Gasteiger partial charge in [-0.25, -0.2) is 4.98 Å². The highest BCUT2D eigenvalue weighted by Gasteiger charge is 2.20. The van der Waals surface area contributed by atoms with Crippen molar-refractivity contribution >= 4 is 33.2 Å². The van der Waals surface area contributed by atoms with Crippen LogP contribution >= 0.6 is 22.9 Å². The van der Waals surface area contributed by atoms with Crippen LogP contribution in [0.2, 0.25) is 5.02 Å².